The van der Waals surface area contributed by atoms with Crippen LogP contribution < -0.4 is 10.6 Å². The van der Waals surface area contributed by atoms with Gasteiger partial charge in [-0.25, -0.2) is 4.98 Å². The van der Waals surface area contributed by atoms with E-state index in [1.165, 1.54) is 4.88 Å². The Morgan fingerprint density at radius 1 is 1.38 bits per heavy atom. The number of anilines is 1. The summed E-state index contributed by atoms with van der Waals surface area (Å²) in [6, 6.07) is 0.0837. The Labute approximate surface area is 130 Å². The van der Waals surface area contributed by atoms with Crippen molar-refractivity contribution in [1.82, 2.24) is 9.88 Å². The fourth-order valence-corrected chi connectivity index (χ4v) is 4.37. The van der Waals surface area contributed by atoms with Crippen LogP contribution in [0.5, 0.6) is 0 Å². The second kappa shape index (κ2) is 5.25. The van der Waals surface area contributed by atoms with Crippen molar-refractivity contribution >= 4 is 22.4 Å². The van der Waals surface area contributed by atoms with Crippen LogP contribution in [-0.4, -0.2) is 42.5 Å². The van der Waals surface area contributed by atoms with Crippen molar-refractivity contribution in [3.63, 3.8) is 0 Å². The highest BCUT2D eigenvalue weighted by molar-refractivity contribution is 7.15. The van der Waals surface area contributed by atoms with E-state index < -0.39 is 0 Å². The molecule has 1 aromatic rings. The van der Waals surface area contributed by atoms with Crippen molar-refractivity contribution in [1.29, 1.82) is 0 Å². The van der Waals surface area contributed by atoms with Gasteiger partial charge in [0.15, 0.2) is 5.13 Å². The van der Waals surface area contributed by atoms with E-state index in [0.29, 0.717) is 6.54 Å². The van der Waals surface area contributed by atoms with Crippen molar-refractivity contribution < 1.29 is 4.79 Å². The van der Waals surface area contributed by atoms with Gasteiger partial charge in [0.1, 0.15) is 0 Å². The number of hydrogen-bond donors (Lipinski definition) is 1. The summed E-state index contributed by atoms with van der Waals surface area (Å²) in [7, 11) is 1.87. The van der Waals surface area contributed by atoms with Crippen LogP contribution in [-0.2, 0) is 11.2 Å². The Bertz CT molecular complexity index is 554. The number of nitrogens with zero attached hydrogens (tertiary/aromatic N) is 3. The lowest BCUT2D eigenvalue weighted by Gasteiger charge is -2.32. The first-order chi connectivity index (χ1) is 9.85. The molecule has 2 aliphatic rings. The third-order valence-electron chi connectivity index (χ3n) is 4.42. The molecule has 116 valence electrons. The molecule has 2 heterocycles. The normalized spacial score (nSPS) is 25.7. The van der Waals surface area contributed by atoms with Gasteiger partial charge in [-0.1, -0.05) is 25.2 Å². The van der Waals surface area contributed by atoms with E-state index in [1.54, 1.807) is 11.3 Å². The molecule has 0 bridgehead atoms. The van der Waals surface area contributed by atoms with E-state index in [-0.39, 0.29) is 17.4 Å². The largest absolute Gasteiger partial charge is 0.344 e. The topological polar surface area (TPSA) is 62.5 Å². The molecule has 0 radical (unpaired) electrons. The summed E-state index contributed by atoms with van der Waals surface area (Å²) in [6.07, 6.45) is 2.97. The smallest absolute Gasteiger partial charge is 0.241 e. The Kier molecular flexibility index (Phi) is 3.69. The average Bonchev–Trinajstić information content (AvgIpc) is 2.71. The third kappa shape index (κ3) is 2.92. The zero-order chi connectivity index (χ0) is 15.2. The predicted molar refractivity (Wildman–Crippen MR) is 85.6 cm³/mol. The number of thiazole rings is 1. The Hall–Kier alpha value is -1.14. The highest BCUT2D eigenvalue weighted by Crippen LogP contribution is 2.43. The number of carbonyl (C=O) groups excluding carboxylic acids is 1. The number of carbonyl (C=O) groups is 1. The second-order valence-corrected chi connectivity index (χ2v) is 8.06. The van der Waals surface area contributed by atoms with Crippen LogP contribution in [0.1, 0.15) is 43.3 Å². The number of nitrogens with two attached hydrogens (primary N) is 1. The average molecular weight is 308 g/mol. The fourth-order valence-electron chi connectivity index (χ4n) is 3.27. The Balaban J connectivity index is 1.86. The molecule has 2 N–H and O–H groups in total. The molecule has 0 aromatic carbocycles. The standard InChI is InChI=1S/C15H24N4OS/c1-15(2)7-10(16)13-11(8-15)17-14(21-13)19-6-4-5-18(3)12(20)9-19/h10H,4-9,16H2,1-3H3. The number of amides is 1. The van der Waals surface area contributed by atoms with Gasteiger partial charge in [-0.05, 0) is 24.7 Å². The van der Waals surface area contributed by atoms with E-state index in [4.69, 9.17) is 10.7 Å². The quantitative estimate of drug-likeness (QED) is 0.859. The van der Waals surface area contributed by atoms with Gasteiger partial charge >= 0.3 is 0 Å². The van der Waals surface area contributed by atoms with Gasteiger partial charge in [0.2, 0.25) is 5.91 Å². The Morgan fingerprint density at radius 2 is 2.14 bits per heavy atom. The molecule has 6 heteroatoms. The molecule has 3 rings (SSSR count). The molecule has 1 atom stereocenters. The number of fused-ring (bicyclic) bond motifs is 1. The number of hydrogen-bond acceptors (Lipinski definition) is 5. The molecule has 1 amide bonds. The van der Waals surface area contributed by atoms with Crippen LogP contribution in [0.3, 0.4) is 0 Å². The summed E-state index contributed by atoms with van der Waals surface area (Å²) in [5.74, 6) is 0.172. The van der Waals surface area contributed by atoms with E-state index in [1.807, 2.05) is 11.9 Å². The van der Waals surface area contributed by atoms with Crippen LogP contribution in [0.25, 0.3) is 0 Å². The van der Waals surface area contributed by atoms with Crippen molar-refractivity contribution in [3.05, 3.63) is 10.6 Å². The van der Waals surface area contributed by atoms with Gasteiger partial charge < -0.3 is 15.5 Å². The van der Waals surface area contributed by atoms with Gasteiger partial charge in [0, 0.05) is 31.1 Å². The molecule has 0 saturated carbocycles. The van der Waals surface area contributed by atoms with E-state index in [2.05, 4.69) is 18.7 Å². The van der Waals surface area contributed by atoms with Crippen LogP contribution >= 0.6 is 11.3 Å². The Morgan fingerprint density at radius 3 is 2.90 bits per heavy atom. The minimum absolute atomic E-state index is 0.0837. The number of rotatable bonds is 1. The number of likely N-dealkylation sites (N-methyl/N-ethyl adjacent to an activating group) is 1. The van der Waals surface area contributed by atoms with Crippen LogP contribution in [0.15, 0.2) is 0 Å². The van der Waals surface area contributed by atoms with Crippen molar-refractivity contribution in [3.8, 4) is 0 Å². The SMILES string of the molecule is CN1CCCN(c2nc3c(s2)C(N)CC(C)(C)C3)CC1=O. The van der Waals surface area contributed by atoms with Crippen molar-refractivity contribution in [2.75, 3.05) is 31.6 Å². The molecular formula is C15H24N4OS. The molecule has 0 spiro atoms. The lowest BCUT2D eigenvalue weighted by atomic mass is 9.77. The van der Waals surface area contributed by atoms with Gasteiger partial charge in [-0.3, -0.25) is 4.79 Å². The van der Waals surface area contributed by atoms with Gasteiger partial charge in [-0.15, -0.1) is 0 Å². The molecule has 21 heavy (non-hydrogen) atoms. The lowest BCUT2D eigenvalue weighted by molar-refractivity contribution is -0.127. The highest BCUT2D eigenvalue weighted by atomic mass is 32.1. The van der Waals surface area contributed by atoms with Crippen molar-refractivity contribution in [2.24, 2.45) is 11.1 Å². The molecule has 5 nitrogen and oxygen atoms in total. The van der Waals surface area contributed by atoms with E-state index in [9.17, 15) is 4.79 Å². The number of aromatic nitrogens is 1. The third-order valence-corrected chi connectivity index (χ3v) is 5.71. The van der Waals surface area contributed by atoms with Crippen LogP contribution in [0, 0.1) is 5.41 Å². The van der Waals surface area contributed by atoms with Crippen molar-refractivity contribution in [2.45, 2.75) is 39.2 Å². The lowest BCUT2D eigenvalue weighted by Crippen LogP contribution is -2.34. The predicted octanol–water partition coefficient (Wildman–Crippen LogP) is 1.78. The summed E-state index contributed by atoms with van der Waals surface area (Å²) in [6.45, 7) is 6.65. The summed E-state index contributed by atoms with van der Waals surface area (Å²) < 4.78 is 0. The molecular weight excluding hydrogens is 284 g/mol. The van der Waals surface area contributed by atoms with Gasteiger partial charge in [0.25, 0.3) is 0 Å². The second-order valence-electron chi connectivity index (χ2n) is 7.05. The van der Waals surface area contributed by atoms with E-state index >= 15 is 0 Å². The maximum atomic E-state index is 12.0. The maximum Gasteiger partial charge on any atom is 0.241 e. The van der Waals surface area contributed by atoms with Gasteiger partial charge in [0.05, 0.1) is 12.2 Å². The summed E-state index contributed by atoms with van der Waals surface area (Å²) >= 11 is 1.68. The fraction of sp³-hybridized carbons (Fsp3) is 0.733. The first-order valence-corrected chi connectivity index (χ1v) is 8.41. The zero-order valence-corrected chi connectivity index (χ0v) is 13.9. The molecule has 1 saturated heterocycles. The molecule has 1 aliphatic heterocycles. The maximum absolute atomic E-state index is 12.0. The van der Waals surface area contributed by atoms with Crippen LogP contribution in [0.2, 0.25) is 0 Å². The highest BCUT2D eigenvalue weighted by Gasteiger charge is 2.34. The van der Waals surface area contributed by atoms with Gasteiger partial charge in [-0.2, -0.15) is 0 Å². The minimum atomic E-state index is 0.0837. The minimum Gasteiger partial charge on any atom is -0.344 e. The molecule has 1 fully saturated rings. The zero-order valence-electron chi connectivity index (χ0n) is 13.1. The first-order valence-electron chi connectivity index (χ1n) is 7.60. The first kappa shape index (κ1) is 14.8. The molecule has 1 aromatic heterocycles. The summed E-state index contributed by atoms with van der Waals surface area (Å²) in [4.78, 5) is 22.0. The molecule has 1 unspecified atom stereocenters. The summed E-state index contributed by atoms with van der Waals surface area (Å²) in [5.41, 5.74) is 7.68. The molecule has 1 aliphatic carbocycles. The van der Waals surface area contributed by atoms with Crippen LogP contribution in [0.4, 0.5) is 5.13 Å². The van der Waals surface area contributed by atoms with E-state index in [0.717, 1.165) is 43.2 Å². The summed E-state index contributed by atoms with van der Waals surface area (Å²) in [5, 5.41) is 0.969. The monoisotopic (exact) mass is 308 g/mol.